The van der Waals surface area contributed by atoms with Crippen LogP contribution in [0.15, 0.2) is 48.5 Å². The normalized spacial score (nSPS) is 19.9. The fourth-order valence-electron chi connectivity index (χ4n) is 3.67. The van der Waals surface area contributed by atoms with Crippen molar-refractivity contribution in [3.63, 3.8) is 0 Å². The van der Waals surface area contributed by atoms with E-state index in [0.29, 0.717) is 29.4 Å². The first-order valence-electron chi connectivity index (χ1n) is 8.87. The maximum Gasteiger partial charge on any atom is 0.228 e. The number of nitrogens with zero attached hydrogens (tertiary/aromatic N) is 2. The van der Waals surface area contributed by atoms with Crippen molar-refractivity contribution in [2.24, 2.45) is 5.92 Å². The number of amides is 2. The number of benzene rings is 2. The summed E-state index contributed by atoms with van der Waals surface area (Å²) >= 11 is 12.1. The number of rotatable bonds is 4. The molecular weight excluding hydrogens is 383 g/mol. The van der Waals surface area contributed by atoms with Crippen molar-refractivity contribution in [2.45, 2.75) is 25.4 Å². The molecule has 1 aliphatic heterocycles. The van der Waals surface area contributed by atoms with Crippen LogP contribution in [0.3, 0.4) is 0 Å². The molecule has 1 aliphatic rings. The molecule has 0 spiro atoms. The number of halogens is 2. The molecule has 1 fully saturated rings. The van der Waals surface area contributed by atoms with Crippen molar-refractivity contribution in [3.8, 4) is 0 Å². The second kappa shape index (κ2) is 8.32. The Morgan fingerprint density at radius 1 is 1.15 bits per heavy atom. The first-order chi connectivity index (χ1) is 12.9. The zero-order valence-electron chi connectivity index (χ0n) is 15.4. The summed E-state index contributed by atoms with van der Waals surface area (Å²) < 4.78 is 0. The van der Waals surface area contributed by atoms with Crippen LogP contribution in [0.1, 0.15) is 30.0 Å². The predicted octanol–water partition coefficient (Wildman–Crippen LogP) is 4.56. The molecule has 1 saturated heterocycles. The summed E-state index contributed by atoms with van der Waals surface area (Å²) in [5.41, 5.74) is 1.89. The molecule has 4 nitrogen and oxygen atoms in total. The summed E-state index contributed by atoms with van der Waals surface area (Å²) in [6.07, 6.45) is 0.906. The van der Waals surface area contributed by atoms with E-state index in [-0.39, 0.29) is 23.8 Å². The van der Waals surface area contributed by atoms with Crippen LogP contribution < -0.4 is 0 Å². The molecular formula is C21H22Cl2N2O2. The van der Waals surface area contributed by atoms with Crippen LogP contribution in [0.25, 0.3) is 0 Å². The monoisotopic (exact) mass is 404 g/mol. The first-order valence-corrected chi connectivity index (χ1v) is 9.63. The summed E-state index contributed by atoms with van der Waals surface area (Å²) in [4.78, 5) is 28.9. The van der Waals surface area contributed by atoms with Gasteiger partial charge < -0.3 is 9.80 Å². The van der Waals surface area contributed by atoms with E-state index in [1.54, 1.807) is 30.0 Å². The van der Waals surface area contributed by atoms with Crippen molar-refractivity contribution in [3.05, 3.63) is 69.7 Å². The van der Waals surface area contributed by atoms with Crippen molar-refractivity contribution in [1.29, 1.82) is 0 Å². The summed E-state index contributed by atoms with van der Waals surface area (Å²) in [5.74, 6) is -0.234. The highest BCUT2D eigenvalue weighted by atomic mass is 35.5. The second-order valence-electron chi connectivity index (χ2n) is 6.97. The van der Waals surface area contributed by atoms with E-state index in [1.807, 2.05) is 42.5 Å². The molecule has 3 rings (SSSR count). The lowest BCUT2D eigenvalue weighted by Crippen LogP contribution is -2.46. The van der Waals surface area contributed by atoms with Gasteiger partial charge in [-0.1, -0.05) is 47.5 Å². The van der Waals surface area contributed by atoms with Crippen LogP contribution in [0.4, 0.5) is 0 Å². The van der Waals surface area contributed by atoms with E-state index < -0.39 is 0 Å². The standard InChI is InChI=1S/C21H22Cl2N2O2/c1-24(13-14-6-8-16(22)9-7-14)21(27)18-10-11-19(26)25(2)20(18)15-4-3-5-17(23)12-15/h3-9,12,18,20H,10-11,13H2,1-2H3. The Balaban J connectivity index is 1.83. The van der Waals surface area contributed by atoms with E-state index in [1.165, 1.54) is 0 Å². The number of piperidine rings is 1. The quantitative estimate of drug-likeness (QED) is 0.748. The molecule has 6 heteroatoms. The van der Waals surface area contributed by atoms with Gasteiger partial charge in [0, 0.05) is 37.1 Å². The van der Waals surface area contributed by atoms with Gasteiger partial charge in [-0.15, -0.1) is 0 Å². The minimum absolute atomic E-state index is 0.0225. The fourth-order valence-corrected chi connectivity index (χ4v) is 3.99. The molecule has 0 bridgehead atoms. The van der Waals surface area contributed by atoms with Crippen LogP contribution in [-0.4, -0.2) is 35.7 Å². The molecule has 0 saturated carbocycles. The molecule has 2 aromatic carbocycles. The van der Waals surface area contributed by atoms with Crippen LogP contribution in [0.5, 0.6) is 0 Å². The number of hydrogen-bond donors (Lipinski definition) is 0. The largest absolute Gasteiger partial charge is 0.341 e. The van der Waals surface area contributed by atoms with E-state index >= 15 is 0 Å². The number of likely N-dealkylation sites (tertiary alicyclic amines) is 1. The van der Waals surface area contributed by atoms with Crippen LogP contribution in [-0.2, 0) is 16.1 Å². The van der Waals surface area contributed by atoms with Gasteiger partial charge in [0.1, 0.15) is 0 Å². The van der Waals surface area contributed by atoms with Gasteiger partial charge in [0.2, 0.25) is 11.8 Å². The van der Waals surface area contributed by atoms with Gasteiger partial charge in [0.05, 0.1) is 12.0 Å². The zero-order valence-corrected chi connectivity index (χ0v) is 16.9. The molecule has 0 aromatic heterocycles. The SMILES string of the molecule is CN(Cc1ccc(Cl)cc1)C(=O)C1CCC(=O)N(C)C1c1cccc(Cl)c1. The molecule has 2 atom stereocenters. The van der Waals surface area contributed by atoms with Gasteiger partial charge >= 0.3 is 0 Å². The summed E-state index contributed by atoms with van der Waals surface area (Å²) in [7, 11) is 3.55. The molecule has 0 aliphatic carbocycles. The molecule has 0 radical (unpaired) electrons. The fraction of sp³-hybridized carbons (Fsp3) is 0.333. The molecule has 2 unspecified atom stereocenters. The Morgan fingerprint density at radius 3 is 2.52 bits per heavy atom. The number of carbonyl (C=O) groups excluding carboxylic acids is 2. The Labute approximate surface area is 169 Å². The lowest BCUT2D eigenvalue weighted by atomic mass is 9.83. The van der Waals surface area contributed by atoms with Crippen molar-refractivity contribution in [2.75, 3.05) is 14.1 Å². The minimum atomic E-state index is -0.315. The minimum Gasteiger partial charge on any atom is -0.341 e. The molecule has 2 amide bonds. The Kier molecular flexibility index (Phi) is 6.08. The Morgan fingerprint density at radius 2 is 1.85 bits per heavy atom. The highest BCUT2D eigenvalue weighted by Gasteiger charge is 2.40. The lowest BCUT2D eigenvalue weighted by molar-refractivity contribution is -0.146. The highest BCUT2D eigenvalue weighted by Crippen LogP contribution is 2.37. The molecule has 2 aromatic rings. The predicted molar refractivity (Wildman–Crippen MR) is 108 cm³/mol. The Hall–Kier alpha value is -2.04. The van der Waals surface area contributed by atoms with E-state index in [4.69, 9.17) is 23.2 Å². The molecule has 142 valence electrons. The van der Waals surface area contributed by atoms with E-state index in [2.05, 4.69) is 0 Å². The summed E-state index contributed by atoms with van der Waals surface area (Å²) in [6, 6.07) is 14.5. The van der Waals surface area contributed by atoms with Gasteiger partial charge in [-0.05, 0) is 41.8 Å². The van der Waals surface area contributed by atoms with Gasteiger partial charge in [-0.3, -0.25) is 9.59 Å². The molecule has 0 N–H and O–H groups in total. The van der Waals surface area contributed by atoms with Crippen molar-refractivity contribution in [1.82, 2.24) is 9.80 Å². The third-order valence-corrected chi connectivity index (χ3v) is 5.56. The lowest BCUT2D eigenvalue weighted by Gasteiger charge is -2.40. The first kappa shape index (κ1) is 19.7. The smallest absolute Gasteiger partial charge is 0.228 e. The molecule has 27 heavy (non-hydrogen) atoms. The second-order valence-corrected chi connectivity index (χ2v) is 7.84. The highest BCUT2D eigenvalue weighted by molar-refractivity contribution is 6.30. The van der Waals surface area contributed by atoms with Crippen molar-refractivity contribution < 1.29 is 9.59 Å². The maximum absolute atomic E-state index is 13.2. The van der Waals surface area contributed by atoms with Crippen LogP contribution in [0.2, 0.25) is 10.0 Å². The zero-order chi connectivity index (χ0) is 19.6. The molecule has 1 heterocycles. The van der Waals surface area contributed by atoms with Crippen LogP contribution >= 0.6 is 23.2 Å². The number of hydrogen-bond acceptors (Lipinski definition) is 2. The van der Waals surface area contributed by atoms with Gasteiger partial charge in [-0.25, -0.2) is 0 Å². The van der Waals surface area contributed by atoms with Gasteiger partial charge in [0.15, 0.2) is 0 Å². The van der Waals surface area contributed by atoms with E-state index in [0.717, 1.165) is 11.1 Å². The third-order valence-electron chi connectivity index (χ3n) is 5.08. The van der Waals surface area contributed by atoms with E-state index in [9.17, 15) is 9.59 Å². The topological polar surface area (TPSA) is 40.6 Å². The summed E-state index contributed by atoms with van der Waals surface area (Å²) in [6.45, 7) is 0.492. The Bertz CT molecular complexity index is 838. The third kappa shape index (κ3) is 4.45. The van der Waals surface area contributed by atoms with Gasteiger partial charge in [0.25, 0.3) is 0 Å². The average molecular weight is 405 g/mol. The van der Waals surface area contributed by atoms with Crippen LogP contribution in [0, 0.1) is 5.92 Å². The average Bonchev–Trinajstić information content (AvgIpc) is 2.65. The van der Waals surface area contributed by atoms with Gasteiger partial charge in [-0.2, -0.15) is 0 Å². The number of carbonyl (C=O) groups is 2. The maximum atomic E-state index is 13.2. The summed E-state index contributed by atoms with van der Waals surface area (Å²) in [5, 5.41) is 1.26. The van der Waals surface area contributed by atoms with Crippen molar-refractivity contribution >= 4 is 35.0 Å².